The summed E-state index contributed by atoms with van der Waals surface area (Å²) in [5.41, 5.74) is 2.85. The SMILES string of the molecule is CCCCC(=O)N1CCCc2cc(C(=O)C(Br)C(C)C)ccc21. The first-order valence-electron chi connectivity index (χ1n) is 8.57. The van der Waals surface area contributed by atoms with Crippen LogP contribution in [0, 0.1) is 5.92 Å². The van der Waals surface area contributed by atoms with E-state index in [0.717, 1.165) is 49.0 Å². The minimum atomic E-state index is -0.161. The quantitative estimate of drug-likeness (QED) is 0.527. The molecule has 2 rings (SSSR count). The van der Waals surface area contributed by atoms with Gasteiger partial charge in [-0.05, 0) is 48.9 Å². The van der Waals surface area contributed by atoms with Crippen LogP contribution < -0.4 is 4.90 Å². The van der Waals surface area contributed by atoms with E-state index in [1.165, 1.54) is 0 Å². The average molecular weight is 380 g/mol. The molecule has 23 heavy (non-hydrogen) atoms. The van der Waals surface area contributed by atoms with Gasteiger partial charge >= 0.3 is 0 Å². The van der Waals surface area contributed by atoms with Crippen LogP contribution in [0.3, 0.4) is 0 Å². The summed E-state index contributed by atoms with van der Waals surface area (Å²) in [4.78, 5) is 26.6. The van der Waals surface area contributed by atoms with Gasteiger partial charge in [0.1, 0.15) is 0 Å². The molecule has 1 aromatic rings. The molecule has 0 saturated heterocycles. The maximum Gasteiger partial charge on any atom is 0.226 e. The van der Waals surface area contributed by atoms with E-state index in [4.69, 9.17) is 0 Å². The van der Waals surface area contributed by atoms with Crippen molar-refractivity contribution in [1.82, 2.24) is 0 Å². The van der Waals surface area contributed by atoms with Crippen LogP contribution in [0.25, 0.3) is 0 Å². The van der Waals surface area contributed by atoms with Crippen molar-refractivity contribution >= 4 is 33.3 Å². The summed E-state index contributed by atoms with van der Waals surface area (Å²) in [6.45, 7) is 6.95. The van der Waals surface area contributed by atoms with Gasteiger partial charge in [-0.15, -0.1) is 0 Å². The Balaban J connectivity index is 2.23. The third kappa shape index (κ3) is 4.23. The van der Waals surface area contributed by atoms with Crippen molar-refractivity contribution in [3.05, 3.63) is 29.3 Å². The molecule has 0 aliphatic carbocycles. The summed E-state index contributed by atoms with van der Waals surface area (Å²) >= 11 is 3.49. The Kier molecular flexibility index (Phi) is 6.40. The Morgan fingerprint density at radius 2 is 2.04 bits per heavy atom. The number of Topliss-reactive ketones (excluding diaryl/α,β-unsaturated/α-hetero) is 1. The number of nitrogens with zero attached hydrogens (tertiary/aromatic N) is 1. The van der Waals surface area contributed by atoms with Gasteiger partial charge in [-0.2, -0.15) is 0 Å². The van der Waals surface area contributed by atoms with Crippen molar-refractivity contribution in [1.29, 1.82) is 0 Å². The molecule has 1 unspecified atom stereocenters. The molecule has 0 radical (unpaired) electrons. The molecule has 0 saturated carbocycles. The molecule has 0 fully saturated rings. The first-order valence-corrected chi connectivity index (χ1v) is 9.48. The van der Waals surface area contributed by atoms with E-state index in [9.17, 15) is 9.59 Å². The topological polar surface area (TPSA) is 37.4 Å². The zero-order valence-electron chi connectivity index (χ0n) is 14.3. The van der Waals surface area contributed by atoms with Crippen LogP contribution in [-0.4, -0.2) is 23.1 Å². The van der Waals surface area contributed by atoms with E-state index in [2.05, 4.69) is 22.9 Å². The van der Waals surface area contributed by atoms with Crippen LogP contribution in [0.4, 0.5) is 5.69 Å². The summed E-state index contributed by atoms with van der Waals surface area (Å²) in [5, 5.41) is 0. The Hall–Kier alpha value is -1.16. The van der Waals surface area contributed by atoms with Crippen LogP contribution in [0.15, 0.2) is 18.2 Å². The lowest BCUT2D eigenvalue weighted by Crippen LogP contribution is -2.35. The number of unbranched alkanes of at least 4 members (excludes halogenated alkanes) is 1. The predicted octanol–water partition coefficient (Wildman–Crippen LogP) is 4.76. The number of benzene rings is 1. The molecule has 1 atom stereocenters. The second-order valence-electron chi connectivity index (χ2n) is 6.61. The second-order valence-corrected chi connectivity index (χ2v) is 7.59. The number of hydrogen-bond donors (Lipinski definition) is 0. The predicted molar refractivity (Wildman–Crippen MR) is 98.5 cm³/mol. The van der Waals surface area contributed by atoms with E-state index in [0.29, 0.717) is 6.42 Å². The first-order chi connectivity index (χ1) is 11.0. The van der Waals surface area contributed by atoms with Crippen LogP contribution in [-0.2, 0) is 11.2 Å². The summed E-state index contributed by atoms with van der Waals surface area (Å²) in [6, 6.07) is 5.79. The number of aryl methyl sites for hydroxylation is 1. The molecule has 126 valence electrons. The van der Waals surface area contributed by atoms with Gasteiger partial charge in [0, 0.05) is 24.2 Å². The van der Waals surface area contributed by atoms with E-state index in [1.54, 1.807) is 0 Å². The number of amides is 1. The smallest absolute Gasteiger partial charge is 0.226 e. The number of alkyl halides is 1. The maximum atomic E-state index is 12.5. The number of ketones is 1. The number of fused-ring (bicyclic) bond motifs is 1. The molecule has 1 aliphatic rings. The molecule has 0 aromatic heterocycles. The lowest BCUT2D eigenvalue weighted by molar-refractivity contribution is -0.118. The fourth-order valence-electron chi connectivity index (χ4n) is 2.93. The largest absolute Gasteiger partial charge is 0.312 e. The van der Waals surface area contributed by atoms with Crippen molar-refractivity contribution in [2.45, 2.75) is 57.7 Å². The third-order valence-electron chi connectivity index (χ3n) is 4.36. The number of hydrogen-bond acceptors (Lipinski definition) is 2. The van der Waals surface area contributed by atoms with Gasteiger partial charge in [-0.3, -0.25) is 9.59 Å². The molecule has 0 N–H and O–H groups in total. The molecular weight excluding hydrogens is 354 g/mol. The molecule has 1 aromatic carbocycles. The van der Waals surface area contributed by atoms with Gasteiger partial charge in [-0.25, -0.2) is 0 Å². The minimum Gasteiger partial charge on any atom is -0.312 e. The summed E-state index contributed by atoms with van der Waals surface area (Å²) in [6.07, 6.45) is 4.46. The third-order valence-corrected chi connectivity index (χ3v) is 5.84. The van der Waals surface area contributed by atoms with Gasteiger partial charge in [0.2, 0.25) is 5.91 Å². The Morgan fingerprint density at radius 1 is 1.30 bits per heavy atom. The van der Waals surface area contributed by atoms with Gasteiger partial charge in [0.15, 0.2) is 5.78 Å². The zero-order valence-corrected chi connectivity index (χ0v) is 15.9. The number of carbonyl (C=O) groups excluding carboxylic acids is 2. The molecule has 1 heterocycles. The van der Waals surface area contributed by atoms with E-state index < -0.39 is 0 Å². The van der Waals surface area contributed by atoms with Crippen molar-refractivity contribution in [3.8, 4) is 0 Å². The molecule has 3 nitrogen and oxygen atoms in total. The number of rotatable bonds is 6. The highest BCUT2D eigenvalue weighted by atomic mass is 79.9. The summed E-state index contributed by atoms with van der Waals surface area (Å²) in [5.74, 6) is 0.579. The van der Waals surface area contributed by atoms with Gasteiger partial charge in [-0.1, -0.05) is 43.1 Å². The summed E-state index contributed by atoms with van der Waals surface area (Å²) < 4.78 is 0. The van der Waals surface area contributed by atoms with Gasteiger partial charge in [0.05, 0.1) is 4.83 Å². The van der Waals surface area contributed by atoms with Crippen molar-refractivity contribution in [2.75, 3.05) is 11.4 Å². The van der Waals surface area contributed by atoms with Gasteiger partial charge in [0.25, 0.3) is 0 Å². The molecule has 1 amide bonds. The number of halogens is 1. The fraction of sp³-hybridized carbons (Fsp3) is 0.579. The monoisotopic (exact) mass is 379 g/mol. The van der Waals surface area contributed by atoms with E-state index in [-0.39, 0.29) is 22.4 Å². The molecular formula is C19H26BrNO2. The zero-order chi connectivity index (χ0) is 17.0. The van der Waals surface area contributed by atoms with Crippen LogP contribution in [0.1, 0.15) is 62.4 Å². The Labute approximate surface area is 147 Å². The lowest BCUT2D eigenvalue weighted by Gasteiger charge is -2.30. The first kappa shape index (κ1) is 18.2. The van der Waals surface area contributed by atoms with Crippen molar-refractivity contribution in [2.24, 2.45) is 5.92 Å². The number of carbonyl (C=O) groups is 2. The van der Waals surface area contributed by atoms with E-state index in [1.807, 2.05) is 36.9 Å². The van der Waals surface area contributed by atoms with Crippen LogP contribution >= 0.6 is 15.9 Å². The van der Waals surface area contributed by atoms with Crippen molar-refractivity contribution < 1.29 is 9.59 Å². The Morgan fingerprint density at radius 3 is 2.70 bits per heavy atom. The minimum absolute atomic E-state index is 0.122. The fourth-order valence-corrected chi connectivity index (χ4v) is 3.20. The lowest BCUT2D eigenvalue weighted by atomic mass is 9.94. The second kappa shape index (κ2) is 8.09. The highest BCUT2D eigenvalue weighted by molar-refractivity contribution is 9.10. The standard InChI is InChI=1S/C19H26BrNO2/c1-4-5-8-17(22)21-11-6-7-14-12-15(9-10-16(14)21)19(23)18(20)13(2)3/h9-10,12-13,18H,4-8,11H2,1-3H3. The molecule has 0 bridgehead atoms. The molecule has 0 spiro atoms. The Bertz CT molecular complexity index is 583. The highest BCUT2D eigenvalue weighted by Crippen LogP contribution is 2.30. The number of anilines is 1. The van der Waals surface area contributed by atoms with Gasteiger partial charge < -0.3 is 4.90 Å². The van der Waals surface area contributed by atoms with Crippen LogP contribution in [0.2, 0.25) is 0 Å². The van der Waals surface area contributed by atoms with E-state index >= 15 is 0 Å². The highest BCUT2D eigenvalue weighted by Gasteiger charge is 2.25. The maximum absolute atomic E-state index is 12.5. The van der Waals surface area contributed by atoms with Crippen LogP contribution in [0.5, 0.6) is 0 Å². The normalized spacial score (nSPS) is 15.4. The van der Waals surface area contributed by atoms with Crippen molar-refractivity contribution in [3.63, 3.8) is 0 Å². The summed E-state index contributed by atoms with van der Waals surface area (Å²) in [7, 11) is 0. The molecule has 1 aliphatic heterocycles. The average Bonchev–Trinajstić information content (AvgIpc) is 2.57. The molecule has 4 heteroatoms.